The minimum atomic E-state index is -0.0319. The van der Waals surface area contributed by atoms with E-state index in [-0.39, 0.29) is 5.97 Å². The summed E-state index contributed by atoms with van der Waals surface area (Å²) in [6.45, 7) is 2.35. The van der Waals surface area contributed by atoms with Gasteiger partial charge in [-0.2, -0.15) is 0 Å². The average Bonchev–Trinajstić information content (AvgIpc) is 1.96. The molecule has 3 heteroatoms. The van der Waals surface area contributed by atoms with E-state index in [2.05, 4.69) is 15.9 Å². The Morgan fingerprint density at radius 1 is 1.50 bits per heavy atom. The highest BCUT2D eigenvalue weighted by atomic mass is 79.9. The number of alkyl halides is 1. The van der Waals surface area contributed by atoms with Crippen LogP contribution in [0.2, 0.25) is 0 Å². The molecule has 0 aromatic heterocycles. The van der Waals surface area contributed by atoms with E-state index >= 15 is 0 Å². The summed E-state index contributed by atoms with van der Waals surface area (Å²) in [5.41, 5.74) is 0. The fraction of sp³-hybridized carbons (Fsp3) is 0.889. The van der Waals surface area contributed by atoms with Crippen LogP contribution < -0.4 is 0 Å². The third-order valence-electron chi connectivity index (χ3n) is 2.31. The summed E-state index contributed by atoms with van der Waals surface area (Å²) in [5.74, 6) is 1.35. The van der Waals surface area contributed by atoms with Gasteiger partial charge in [-0.05, 0) is 31.6 Å². The molecule has 1 fully saturated rings. The molecule has 0 radical (unpaired) electrons. The van der Waals surface area contributed by atoms with Crippen LogP contribution in [0.25, 0.3) is 0 Å². The number of carbonyl (C=O) groups is 1. The van der Waals surface area contributed by atoms with E-state index in [1.165, 1.54) is 12.8 Å². The van der Waals surface area contributed by atoms with E-state index in [1.807, 2.05) is 6.92 Å². The molecule has 2 nitrogen and oxygen atoms in total. The molecule has 0 saturated heterocycles. The maximum absolute atomic E-state index is 11.0. The lowest BCUT2D eigenvalue weighted by molar-refractivity contribution is -0.145. The van der Waals surface area contributed by atoms with Crippen molar-refractivity contribution < 1.29 is 9.53 Å². The molecule has 1 aliphatic rings. The molecule has 0 aromatic rings. The minimum absolute atomic E-state index is 0.0319. The van der Waals surface area contributed by atoms with Crippen LogP contribution in [0.15, 0.2) is 0 Å². The highest BCUT2D eigenvalue weighted by Gasteiger charge is 2.29. The number of ether oxygens (including phenoxy) is 1. The summed E-state index contributed by atoms with van der Waals surface area (Å²) in [7, 11) is 0. The topological polar surface area (TPSA) is 26.3 Å². The molecule has 0 atom stereocenters. The number of hydrogen-bond donors (Lipinski definition) is 0. The largest absolute Gasteiger partial charge is 0.466 e. The maximum Gasteiger partial charge on any atom is 0.306 e. The van der Waals surface area contributed by atoms with E-state index < -0.39 is 0 Å². The summed E-state index contributed by atoms with van der Waals surface area (Å²) in [6.07, 6.45) is 2.99. The summed E-state index contributed by atoms with van der Waals surface area (Å²) in [6, 6.07) is 0. The first kappa shape index (κ1) is 10.0. The first-order valence-electron chi connectivity index (χ1n) is 4.47. The number of hydrogen-bond acceptors (Lipinski definition) is 2. The molecule has 12 heavy (non-hydrogen) atoms. The average molecular weight is 235 g/mol. The van der Waals surface area contributed by atoms with Gasteiger partial charge in [0.1, 0.15) is 0 Å². The van der Waals surface area contributed by atoms with Crippen molar-refractivity contribution in [3.63, 3.8) is 0 Å². The lowest BCUT2D eigenvalue weighted by Crippen LogP contribution is -2.27. The summed E-state index contributed by atoms with van der Waals surface area (Å²) >= 11 is 3.43. The molecule has 0 bridgehead atoms. The van der Waals surface area contributed by atoms with Crippen molar-refractivity contribution in [2.75, 3.05) is 11.9 Å². The molecule has 1 aliphatic carbocycles. The van der Waals surface area contributed by atoms with Crippen molar-refractivity contribution in [1.82, 2.24) is 0 Å². The van der Waals surface area contributed by atoms with Crippen LogP contribution in [-0.4, -0.2) is 17.9 Å². The van der Waals surface area contributed by atoms with Crippen molar-refractivity contribution >= 4 is 21.9 Å². The molecule has 70 valence electrons. The van der Waals surface area contributed by atoms with Gasteiger partial charge in [-0.25, -0.2) is 0 Å². The molecule has 0 aromatic carbocycles. The predicted octanol–water partition coefficient (Wildman–Crippen LogP) is 2.36. The molecule has 0 aliphatic heterocycles. The first-order chi connectivity index (χ1) is 5.76. The Hall–Kier alpha value is -0.0500. The molecule has 0 heterocycles. The van der Waals surface area contributed by atoms with Crippen molar-refractivity contribution in [3.8, 4) is 0 Å². The van der Waals surface area contributed by atoms with Gasteiger partial charge in [-0.1, -0.05) is 15.9 Å². The zero-order valence-corrected chi connectivity index (χ0v) is 8.97. The van der Waals surface area contributed by atoms with Gasteiger partial charge in [-0.3, -0.25) is 4.79 Å². The first-order valence-corrected chi connectivity index (χ1v) is 5.60. The second-order valence-electron chi connectivity index (χ2n) is 3.37. The Bertz CT molecular complexity index is 153. The molecule has 1 rings (SSSR count). The Kier molecular flexibility index (Phi) is 4.06. The standard InChI is InChI=1S/C9H15BrO2/c1-2-12-9(11)5-7-3-8(4-7)6-10/h7-8H,2-6H2,1H3. The Balaban J connectivity index is 2.06. The van der Waals surface area contributed by atoms with Gasteiger partial charge in [0.2, 0.25) is 0 Å². The molecule has 0 amide bonds. The maximum atomic E-state index is 11.0. The van der Waals surface area contributed by atoms with Gasteiger partial charge in [0.05, 0.1) is 6.61 Å². The quantitative estimate of drug-likeness (QED) is 0.552. The fourth-order valence-electron chi connectivity index (χ4n) is 1.62. The van der Waals surface area contributed by atoms with E-state index in [1.54, 1.807) is 0 Å². The van der Waals surface area contributed by atoms with Crippen molar-refractivity contribution in [2.45, 2.75) is 26.2 Å². The van der Waals surface area contributed by atoms with Crippen molar-refractivity contribution in [1.29, 1.82) is 0 Å². The van der Waals surface area contributed by atoms with E-state index in [9.17, 15) is 4.79 Å². The van der Waals surface area contributed by atoms with Gasteiger partial charge in [0.25, 0.3) is 0 Å². The normalized spacial score (nSPS) is 27.8. The van der Waals surface area contributed by atoms with Crippen LogP contribution >= 0.6 is 15.9 Å². The smallest absolute Gasteiger partial charge is 0.306 e. The number of rotatable bonds is 4. The Labute approximate surface area is 81.8 Å². The third-order valence-corrected chi connectivity index (χ3v) is 3.23. The van der Waals surface area contributed by atoms with E-state index in [0.29, 0.717) is 18.9 Å². The summed E-state index contributed by atoms with van der Waals surface area (Å²) < 4.78 is 4.87. The van der Waals surface area contributed by atoms with Crippen LogP contribution in [0, 0.1) is 11.8 Å². The van der Waals surface area contributed by atoms with Gasteiger partial charge in [0, 0.05) is 11.8 Å². The predicted molar refractivity (Wildman–Crippen MR) is 51.3 cm³/mol. The minimum Gasteiger partial charge on any atom is -0.466 e. The van der Waals surface area contributed by atoms with Gasteiger partial charge >= 0.3 is 5.97 Å². The SMILES string of the molecule is CCOC(=O)CC1CC(CBr)C1. The number of carbonyl (C=O) groups excluding carboxylic acids is 1. The van der Waals surface area contributed by atoms with Crippen LogP contribution in [0.1, 0.15) is 26.2 Å². The second kappa shape index (κ2) is 4.85. The van der Waals surface area contributed by atoms with Gasteiger partial charge in [-0.15, -0.1) is 0 Å². The molecular weight excluding hydrogens is 220 g/mol. The number of esters is 1. The Morgan fingerprint density at radius 3 is 2.67 bits per heavy atom. The van der Waals surface area contributed by atoms with Crippen molar-refractivity contribution in [3.05, 3.63) is 0 Å². The van der Waals surface area contributed by atoms with Gasteiger partial charge < -0.3 is 4.74 Å². The Morgan fingerprint density at radius 2 is 2.17 bits per heavy atom. The van der Waals surface area contributed by atoms with Crippen LogP contribution in [0.4, 0.5) is 0 Å². The zero-order chi connectivity index (χ0) is 8.97. The highest BCUT2D eigenvalue weighted by molar-refractivity contribution is 9.09. The fourth-order valence-corrected chi connectivity index (χ4v) is 2.15. The van der Waals surface area contributed by atoms with E-state index in [0.717, 1.165) is 11.2 Å². The van der Waals surface area contributed by atoms with E-state index in [4.69, 9.17) is 4.74 Å². The molecular formula is C9H15BrO2. The molecule has 0 unspecified atom stereocenters. The van der Waals surface area contributed by atoms with Crippen LogP contribution in [0.5, 0.6) is 0 Å². The molecule has 1 saturated carbocycles. The zero-order valence-electron chi connectivity index (χ0n) is 7.38. The number of halogens is 1. The second-order valence-corrected chi connectivity index (χ2v) is 4.01. The third kappa shape index (κ3) is 2.77. The van der Waals surface area contributed by atoms with Gasteiger partial charge in [0.15, 0.2) is 0 Å². The highest BCUT2D eigenvalue weighted by Crippen LogP contribution is 2.37. The summed E-state index contributed by atoms with van der Waals surface area (Å²) in [5, 5.41) is 1.08. The lowest BCUT2D eigenvalue weighted by Gasteiger charge is -2.33. The summed E-state index contributed by atoms with van der Waals surface area (Å²) in [4.78, 5) is 11.0. The molecule has 0 spiro atoms. The van der Waals surface area contributed by atoms with Crippen molar-refractivity contribution in [2.24, 2.45) is 11.8 Å². The van der Waals surface area contributed by atoms with Crippen LogP contribution in [-0.2, 0) is 9.53 Å². The molecule has 0 N–H and O–H groups in total. The lowest BCUT2D eigenvalue weighted by atomic mass is 9.74. The van der Waals surface area contributed by atoms with Crippen LogP contribution in [0.3, 0.4) is 0 Å². The monoisotopic (exact) mass is 234 g/mol.